The van der Waals surface area contributed by atoms with E-state index in [2.05, 4.69) is 28.2 Å². The summed E-state index contributed by atoms with van der Waals surface area (Å²) in [5.74, 6) is -2.37. The standard InChI is InChI=1S/C29H48N4O6/c1-5-6-7-8-9-10-11-12-13-17-24(36)32-27(21(4)34)29(39)31-22-16-14-15-18-30-25(37)19-23(35)26(20(2)3)33-28(22)38/h11-14,16-17,20-23,26-27,34-35H,5-10,15,18-19H2,1-4H3,(H,30,37)(H,31,39)(H,32,36)(H,33,38)/b12-11+,16-14+,17-13+/t21-,22+,23-,26+,27+/m1/s1. The van der Waals surface area contributed by atoms with E-state index in [1.807, 2.05) is 6.08 Å². The summed E-state index contributed by atoms with van der Waals surface area (Å²) < 4.78 is 0. The maximum Gasteiger partial charge on any atom is 0.246 e. The van der Waals surface area contributed by atoms with Crippen molar-refractivity contribution < 1.29 is 29.4 Å². The molecule has 0 aromatic carbocycles. The van der Waals surface area contributed by atoms with Crippen LogP contribution >= 0.6 is 0 Å². The van der Waals surface area contributed by atoms with E-state index < -0.39 is 48.1 Å². The maximum atomic E-state index is 13.1. The van der Waals surface area contributed by atoms with Crippen LogP contribution in [0.3, 0.4) is 0 Å². The Morgan fingerprint density at radius 3 is 2.51 bits per heavy atom. The number of amides is 4. The van der Waals surface area contributed by atoms with Crippen LogP contribution in [0.5, 0.6) is 0 Å². The fraction of sp³-hybridized carbons (Fsp3) is 0.655. The number of aliphatic hydroxyl groups excluding tert-OH is 2. The number of aliphatic hydroxyl groups is 2. The molecule has 0 radical (unpaired) electrons. The zero-order chi connectivity index (χ0) is 29.2. The van der Waals surface area contributed by atoms with Gasteiger partial charge in [0, 0.05) is 12.6 Å². The van der Waals surface area contributed by atoms with E-state index in [0.717, 1.165) is 12.8 Å². The Morgan fingerprint density at radius 1 is 1.13 bits per heavy atom. The molecule has 4 amide bonds. The zero-order valence-corrected chi connectivity index (χ0v) is 23.8. The summed E-state index contributed by atoms with van der Waals surface area (Å²) in [4.78, 5) is 50.5. The zero-order valence-electron chi connectivity index (χ0n) is 23.8. The van der Waals surface area contributed by atoms with Crippen molar-refractivity contribution in [3.8, 4) is 0 Å². The Morgan fingerprint density at radius 2 is 1.85 bits per heavy atom. The molecule has 6 N–H and O–H groups in total. The van der Waals surface area contributed by atoms with E-state index in [1.54, 1.807) is 32.1 Å². The quantitative estimate of drug-likeness (QED) is 0.0892. The van der Waals surface area contributed by atoms with Crippen molar-refractivity contribution in [3.63, 3.8) is 0 Å². The number of allylic oxidation sites excluding steroid dienone is 3. The molecule has 0 spiro atoms. The lowest BCUT2D eigenvalue weighted by atomic mass is 9.95. The second-order valence-electron chi connectivity index (χ2n) is 10.3. The van der Waals surface area contributed by atoms with Crippen molar-refractivity contribution in [1.82, 2.24) is 21.3 Å². The Balaban J connectivity index is 2.82. The molecule has 1 heterocycles. The highest BCUT2D eigenvalue weighted by Gasteiger charge is 2.32. The predicted molar refractivity (Wildman–Crippen MR) is 151 cm³/mol. The largest absolute Gasteiger partial charge is 0.391 e. The van der Waals surface area contributed by atoms with Gasteiger partial charge < -0.3 is 31.5 Å². The molecule has 0 saturated heterocycles. The summed E-state index contributed by atoms with van der Waals surface area (Å²) in [7, 11) is 0. The molecule has 0 saturated carbocycles. The van der Waals surface area contributed by atoms with Gasteiger partial charge in [-0.1, -0.05) is 76.8 Å². The van der Waals surface area contributed by atoms with E-state index in [4.69, 9.17) is 0 Å². The summed E-state index contributed by atoms with van der Waals surface area (Å²) >= 11 is 0. The van der Waals surface area contributed by atoms with Crippen molar-refractivity contribution in [3.05, 3.63) is 36.5 Å². The fourth-order valence-electron chi connectivity index (χ4n) is 4.11. The summed E-state index contributed by atoms with van der Waals surface area (Å²) in [6.45, 7) is 7.46. The number of carbonyl (C=O) groups is 4. The molecule has 0 aromatic heterocycles. The van der Waals surface area contributed by atoms with Crippen LogP contribution in [0.2, 0.25) is 0 Å². The highest BCUT2D eigenvalue weighted by Crippen LogP contribution is 2.11. The van der Waals surface area contributed by atoms with Crippen LogP contribution in [0.1, 0.15) is 79.1 Å². The van der Waals surface area contributed by atoms with Crippen LogP contribution in [-0.4, -0.2) is 70.7 Å². The molecule has 0 bridgehead atoms. The molecule has 10 heteroatoms. The number of rotatable bonds is 13. The Kier molecular flexibility index (Phi) is 16.7. The first kappa shape index (κ1) is 34.0. The lowest BCUT2D eigenvalue weighted by Gasteiger charge is -2.30. The molecule has 0 aliphatic carbocycles. The highest BCUT2D eigenvalue weighted by atomic mass is 16.3. The van der Waals surface area contributed by atoms with E-state index in [1.165, 1.54) is 44.8 Å². The monoisotopic (exact) mass is 548 g/mol. The Bertz CT molecular complexity index is 868. The molecule has 220 valence electrons. The third-order valence-electron chi connectivity index (χ3n) is 6.41. The number of carbonyl (C=O) groups excluding carboxylic acids is 4. The predicted octanol–water partition coefficient (Wildman–Crippen LogP) is 1.78. The van der Waals surface area contributed by atoms with Crippen LogP contribution < -0.4 is 21.3 Å². The van der Waals surface area contributed by atoms with Gasteiger partial charge in [0.2, 0.25) is 23.6 Å². The second-order valence-corrected chi connectivity index (χ2v) is 10.3. The first-order valence-corrected chi connectivity index (χ1v) is 14.1. The second kappa shape index (κ2) is 19.1. The third kappa shape index (κ3) is 14.1. The Labute approximate surface area is 232 Å². The molecule has 0 fully saturated rings. The van der Waals surface area contributed by atoms with Crippen LogP contribution in [0.15, 0.2) is 36.5 Å². The molecular formula is C29H48N4O6. The summed E-state index contributed by atoms with van der Waals surface area (Å²) in [6, 6.07) is -3.13. The van der Waals surface area contributed by atoms with Gasteiger partial charge in [-0.05, 0) is 32.1 Å². The van der Waals surface area contributed by atoms with Crippen LogP contribution in [0.4, 0.5) is 0 Å². The minimum atomic E-state index is -1.29. The molecule has 1 aliphatic rings. The minimum Gasteiger partial charge on any atom is -0.391 e. The van der Waals surface area contributed by atoms with Gasteiger partial charge in [-0.3, -0.25) is 19.2 Å². The fourth-order valence-corrected chi connectivity index (χ4v) is 4.11. The van der Waals surface area contributed by atoms with Gasteiger partial charge in [-0.2, -0.15) is 0 Å². The van der Waals surface area contributed by atoms with Gasteiger partial charge in [-0.15, -0.1) is 0 Å². The van der Waals surface area contributed by atoms with Crippen LogP contribution in [0, 0.1) is 5.92 Å². The van der Waals surface area contributed by atoms with Crippen molar-refractivity contribution in [2.45, 2.75) is 109 Å². The topological polar surface area (TPSA) is 157 Å². The third-order valence-corrected chi connectivity index (χ3v) is 6.41. The average molecular weight is 549 g/mol. The van der Waals surface area contributed by atoms with Crippen molar-refractivity contribution >= 4 is 23.6 Å². The number of hydrogen-bond donors (Lipinski definition) is 6. The molecule has 10 nitrogen and oxygen atoms in total. The Hall–Kier alpha value is -2.98. The highest BCUT2D eigenvalue weighted by molar-refractivity contribution is 5.95. The molecule has 1 aliphatic heterocycles. The average Bonchev–Trinajstić information content (AvgIpc) is 2.87. The van der Waals surface area contributed by atoms with Crippen molar-refractivity contribution in [2.75, 3.05) is 6.54 Å². The normalized spacial score (nSPS) is 23.4. The van der Waals surface area contributed by atoms with Gasteiger partial charge in [0.15, 0.2) is 0 Å². The molecule has 39 heavy (non-hydrogen) atoms. The number of hydrogen-bond acceptors (Lipinski definition) is 6. The first-order chi connectivity index (χ1) is 18.6. The lowest BCUT2D eigenvalue weighted by Crippen LogP contribution is -2.58. The van der Waals surface area contributed by atoms with E-state index in [9.17, 15) is 29.4 Å². The smallest absolute Gasteiger partial charge is 0.246 e. The van der Waals surface area contributed by atoms with E-state index in [0.29, 0.717) is 13.0 Å². The van der Waals surface area contributed by atoms with Gasteiger partial charge in [0.1, 0.15) is 12.1 Å². The lowest BCUT2D eigenvalue weighted by molar-refractivity contribution is -0.133. The summed E-state index contributed by atoms with van der Waals surface area (Å²) in [6.07, 6.45) is 14.5. The van der Waals surface area contributed by atoms with Crippen molar-refractivity contribution in [2.24, 2.45) is 5.92 Å². The number of nitrogens with one attached hydrogen (secondary N) is 4. The minimum absolute atomic E-state index is 0.165. The van der Waals surface area contributed by atoms with Gasteiger partial charge >= 0.3 is 0 Å². The molecule has 1 rings (SSSR count). The summed E-state index contributed by atoms with van der Waals surface area (Å²) in [5, 5.41) is 31.2. The van der Waals surface area contributed by atoms with Gasteiger partial charge in [-0.25, -0.2) is 0 Å². The van der Waals surface area contributed by atoms with Crippen LogP contribution in [-0.2, 0) is 19.2 Å². The van der Waals surface area contributed by atoms with E-state index >= 15 is 0 Å². The van der Waals surface area contributed by atoms with E-state index in [-0.39, 0.29) is 18.2 Å². The number of unbranched alkanes of at least 4 members (excludes halogenated alkanes) is 5. The first-order valence-electron chi connectivity index (χ1n) is 14.1. The molecule has 0 aromatic rings. The van der Waals surface area contributed by atoms with Crippen molar-refractivity contribution in [1.29, 1.82) is 0 Å². The maximum absolute atomic E-state index is 13.1. The molecular weight excluding hydrogens is 500 g/mol. The SMILES string of the molecule is CCCCCCC/C=C/C=C/C(=O)N[C@H](C(=O)N[C@H]1/C=C/CCNC(=O)C[C@@H](O)[C@H](C(C)C)NC1=O)[C@@H](C)O. The summed E-state index contributed by atoms with van der Waals surface area (Å²) in [5.41, 5.74) is 0. The van der Waals surface area contributed by atoms with Gasteiger partial charge in [0.05, 0.1) is 24.7 Å². The van der Waals surface area contributed by atoms with Crippen LogP contribution in [0.25, 0.3) is 0 Å². The molecule has 5 atom stereocenters. The molecule has 0 unspecified atom stereocenters. The van der Waals surface area contributed by atoms with Gasteiger partial charge in [0.25, 0.3) is 0 Å².